The van der Waals surface area contributed by atoms with Crippen LogP contribution in [0.5, 0.6) is 5.75 Å². The molecule has 2 aromatic rings. The van der Waals surface area contributed by atoms with E-state index in [2.05, 4.69) is 4.90 Å². The van der Waals surface area contributed by atoms with Gasteiger partial charge < -0.3 is 14.7 Å². The molecule has 0 spiro atoms. The average molecular weight is 314 g/mol. The van der Waals surface area contributed by atoms with Crippen LogP contribution in [-0.4, -0.2) is 36.3 Å². The van der Waals surface area contributed by atoms with Crippen molar-refractivity contribution in [2.24, 2.45) is 5.92 Å². The fourth-order valence-corrected chi connectivity index (χ4v) is 3.36. The van der Waals surface area contributed by atoms with Crippen molar-refractivity contribution in [3.8, 4) is 5.75 Å². The van der Waals surface area contributed by atoms with E-state index < -0.39 is 5.97 Å². The number of carbonyl (C=O) groups is 1. The molecule has 23 heavy (non-hydrogen) atoms. The lowest BCUT2D eigenvalue weighted by atomic mass is 10.0. The number of ether oxygens (including phenoxy) is 1. The lowest BCUT2D eigenvalue weighted by Crippen LogP contribution is -2.31. The van der Waals surface area contributed by atoms with Gasteiger partial charge in [0.1, 0.15) is 5.75 Å². The molecule has 1 aromatic carbocycles. The zero-order chi connectivity index (χ0) is 16.6. The van der Waals surface area contributed by atoms with Gasteiger partial charge in [-0.2, -0.15) is 0 Å². The second-order valence-corrected chi connectivity index (χ2v) is 6.05. The third kappa shape index (κ3) is 2.71. The zero-order valence-electron chi connectivity index (χ0n) is 13.8. The Morgan fingerprint density at radius 2 is 2.26 bits per heavy atom. The van der Waals surface area contributed by atoms with Gasteiger partial charge in [0.05, 0.1) is 24.2 Å². The number of nitrogens with zero attached hydrogens (tertiary/aromatic N) is 2. The summed E-state index contributed by atoms with van der Waals surface area (Å²) in [5.74, 6) is -0.286. The molecular weight excluding hydrogens is 292 g/mol. The van der Waals surface area contributed by atoms with Crippen LogP contribution in [0.15, 0.2) is 18.2 Å². The highest BCUT2D eigenvalue weighted by molar-refractivity contribution is 5.96. The lowest BCUT2D eigenvalue weighted by Gasteiger charge is -2.24. The molecule has 1 aromatic heterocycles. The van der Waals surface area contributed by atoms with Gasteiger partial charge in [0.15, 0.2) is 0 Å². The Balaban J connectivity index is 2.10. The van der Waals surface area contributed by atoms with Crippen LogP contribution in [-0.2, 0) is 11.2 Å². The van der Waals surface area contributed by atoms with Crippen molar-refractivity contribution in [1.82, 2.24) is 4.98 Å². The number of pyridine rings is 1. The molecule has 0 radical (unpaired) electrons. The number of aromatic nitrogens is 1. The highest BCUT2D eigenvalue weighted by Crippen LogP contribution is 2.38. The van der Waals surface area contributed by atoms with Crippen LogP contribution in [0.4, 0.5) is 5.69 Å². The van der Waals surface area contributed by atoms with Gasteiger partial charge in [-0.05, 0) is 43.5 Å². The van der Waals surface area contributed by atoms with Crippen molar-refractivity contribution in [2.45, 2.75) is 26.7 Å². The molecule has 0 fully saturated rings. The minimum atomic E-state index is -0.728. The Kier molecular flexibility index (Phi) is 4.11. The monoisotopic (exact) mass is 314 g/mol. The maximum Gasteiger partial charge on any atom is 0.308 e. The van der Waals surface area contributed by atoms with Crippen LogP contribution in [0, 0.1) is 12.8 Å². The summed E-state index contributed by atoms with van der Waals surface area (Å²) in [6.07, 6.45) is 1.55. The summed E-state index contributed by atoms with van der Waals surface area (Å²) in [4.78, 5) is 18.3. The summed E-state index contributed by atoms with van der Waals surface area (Å²) in [5, 5.41) is 10.4. The Labute approximate surface area is 135 Å². The van der Waals surface area contributed by atoms with Gasteiger partial charge in [0.2, 0.25) is 0 Å². The first-order valence-electron chi connectivity index (χ1n) is 8.00. The van der Waals surface area contributed by atoms with Crippen molar-refractivity contribution in [1.29, 1.82) is 0 Å². The highest BCUT2D eigenvalue weighted by Gasteiger charge is 2.28. The van der Waals surface area contributed by atoms with Gasteiger partial charge in [0, 0.05) is 24.2 Å². The smallest absolute Gasteiger partial charge is 0.308 e. The molecule has 5 nitrogen and oxygen atoms in total. The predicted molar refractivity (Wildman–Crippen MR) is 90.4 cm³/mol. The van der Waals surface area contributed by atoms with Gasteiger partial charge in [-0.15, -0.1) is 0 Å². The lowest BCUT2D eigenvalue weighted by molar-refractivity contribution is -0.141. The van der Waals surface area contributed by atoms with Crippen LogP contribution in [0.25, 0.3) is 10.9 Å². The number of rotatable bonds is 5. The minimum absolute atomic E-state index is 0.352. The fourth-order valence-electron chi connectivity index (χ4n) is 3.36. The summed E-state index contributed by atoms with van der Waals surface area (Å²) in [7, 11) is 1.65. The number of fused-ring (bicyclic) bond motifs is 3. The SMILES string of the molecule is CCC(CN1CCc2c(C)nc3ccc(OC)cc3c21)C(=O)O. The molecule has 122 valence electrons. The summed E-state index contributed by atoms with van der Waals surface area (Å²) in [6, 6.07) is 5.87. The molecule has 0 saturated carbocycles. The minimum Gasteiger partial charge on any atom is -0.497 e. The van der Waals surface area contributed by atoms with E-state index in [4.69, 9.17) is 9.72 Å². The van der Waals surface area contributed by atoms with Crippen LogP contribution in [0.1, 0.15) is 24.6 Å². The molecule has 3 rings (SSSR count). The maximum atomic E-state index is 11.4. The van der Waals surface area contributed by atoms with E-state index in [1.807, 2.05) is 32.0 Å². The van der Waals surface area contributed by atoms with Crippen LogP contribution >= 0.6 is 0 Å². The van der Waals surface area contributed by atoms with Gasteiger partial charge >= 0.3 is 5.97 Å². The number of anilines is 1. The molecule has 0 aliphatic carbocycles. The largest absolute Gasteiger partial charge is 0.497 e. The second kappa shape index (κ2) is 6.07. The van der Waals surface area contributed by atoms with E-state index in [0.29, 0.717) is 13.0 Å². The Morgan fingerprint density at radius 1 is 1.48 bits per heavy atom. The molecule has 1 aliphatic heterocycles. The van der Waals surface area contributed by atoms with E-state index in [1.54, 1.807) is 7.11 Å². The predicted octanol–water partition coefficient (Wildman–Crippen LogP) is 3.03. The number of methoxy groups -OCH3 is 1. The van der Waals surface area contributed by atoms with Crippen molar-refractivity contribution in [3.63, 3.8) is 0 Å². The van der Waals surface area contributed by atoms with Gasteiger partial charge in [0.25, 0.3) is 0 Å². The topological polar surface area (TPSA) is 62.7 Å². The highest BCUT2D eigenvalue weighted by atomic mass is 16.5. The molecule has 1 aliphatic rings. The van der Waals surface area contributed by atoms with Crippen LogP contribution < -0.4 is 9.64 Å². The van der Waals surface area contributed by atoms with Crippen molar-refractivity contribution in [3.05, 3.63) is 29.5 Å². The van der Waals surface area contributed by atoms with Gasteiger partial charge in [-0.3, -0.25) is 9.78 Å². The standard InChI is InChI=1S/C18H22N2O3/c1-4-12(18(21)22)10-20-8-7-14-11(2)19-16-6-5-13(23-3)9-15(16)17(14)20/h5-6,9,12H,4,7-8,10H2,1-3H3,(H,21,22). The fraction of sp³-hybridized carbons (Fsp3) is 0.444. The summed E-state index contributed by atoms with van der Waals surface area (Å²) >= 11 is 0. The number of hydrogen-bond donors (Lipinski definition) is 1. The molecule has 0 saturated heterocycles. The number of aliphatic carboxylic acids is 1. The number of hydrogen-bond acceptors (Lipinski definition) is 4. The quantitative estimate of drug-likeness (QED) is 0.919. The molecule has 1 unspecified atom stereocenters. The number of carboxylic acid groups (broad SMARTS) is 1. The van der Waals surface area contributed by atoms with E-state index in [9.17, 15) is 9.90 Å². The van der Waals surface area contributed by atoms with Crippen LogP contribution in [0.3, 0.4) is 0 Å². The molecule has 1 atom stereocenters. The average Bonchev–Trinajstić information content (AvgIpc) is 2.96. The van der Waals surface area contributed by atoms with Gasteiger partial charge in [-0.25, -0.2) is 0 Å². The zero-order valence-corrected chi connectivity index (χ0v) is 13.8. The molecule has 1 N–H and O–H groups in total. The van der Waals surface area contributed by atoms with E-state index in [0.717, 1.165) is 41.0 Å². The molecule has 0 bridgehead atoms. The van der Waals surface area contributed by atoms with Crippen molar-refractivity contribution >= 4 is 22.6 Å². The summed E-state index contributed by atoms with van der Waals surface area (Å²) in [5.41, 5.74) is 4.32. The Bertz CT molecular complexity index is 758. The molecule has 2 heterocycles. The third-order valence-corrected chi connectivity index (χ3v) is 4.70. The third-order valence-electron chi connectivity index (χ3n) is 4.70. The summed E-state index contributed by atoms with van der Waals surface area (Å²) in [6.45, 7) is 5.34. The number of benzene rings is 1. The van der Waals surface area contributed by atoms with Gasteiger partial charge in [-0.1, -0.05) is 6.92 Å². The van der Waals surface area contributed by atoms with E-state index in [1.165, 1.54) is 5.56 Å². The Hall–Kier alpha value is -2.30. The van der Waals surface area contributed by atoms with E-state index in [-0.39, 0.29) is 5.92 Å². The van der Waals surface area contributed by atoms with Crippen LogP contribution in [0.2, 0.25) is 0 Å². The molecule has 5 heteroatoms. The van der Waals surface area contributed by atoms with Crippen molar-refractivity contribution in [2.75, 3.05) is 25.1 Å². The summed E-state index contributed by atoms with van der Waals surface area (Å²) < 4.78 is 5.35. The molecular formula is C18H22N2O3. The first kappa shape index (κ1) is 15.6. The molecule has 0 amide bonds. The number of carboxylic acids is 1. The first-order valence-corrected chi connectivity index (χ1v) is 8.00. The first-order chi connectivity index (χ1) is 11.0. The second-order valence-electron chi connectivity index (χ2n) is 6.05. The van der Waals surface area contributed by atoms with Crippen molar-refractivity contribution < 1.29 is 14.6 Å². The van der Waals surface area contributed by atoms with E-state index >= 15 is 0 Å². The normalized spacial score (nSPS) is 14.8. The maximum absolute atomic E-state index is 11.4. The Morgan fingerprint density at radius 3 is 2.91 bits per heavy atom. The number of aryl methyl sites for hydroxylation is 1.